The molecule has 0 aliphatic carbocycles. The molecular weight excluding hydrogens is 344 g/mol. The van der Waals surface area contributed by atoms with Crippen LogP contribution in [0.15, 0.2) is 18.7 Å². The van der Waals surface area contributed by atoms with E-state index in [9.17, 15) is 0 Å². The van der Waals surface area contributed by atoms with E-state index in [1.165, 1.54) is 44.9 Å². The molecule has 3 rings (SSSR count). The van der Waals surface area contributed by atoms with E-state index < -0.39 is 0 Å². The first-order valence-corrected chi connectivity index (χ1v) is 10.2. The summed E-state index contributed by atoms with van der Waals surface area (Å²) in [6.45, 7) is 8.58. The minimum Gasteiger partial charge on any atom is -0.359 e. The molecule has 0 unspecified atom stereocenters. The van der Waals surface area contributed by atoms with Crippen molar-refractivity contribution in [1.29, 1.82) is 0 Å². The molecule has 3 heterocycles. The first kappa shape index (κ1) is 18.9. The maximum atomic E-state index is 5.35. The Morgan fingerprint density at radius 2 is 1.46 bits per heavy atom. The zero-order chi connectivity index (χ0) is 18.2. The SMILES string of the molecule is C=CCNC(=S)Nc1nc(N2CCCCCC2)cc(N2CCCCC2)n1. The second kappa shape index (κ2) is 9.71. The van der Waals surface area contributed by atoms with Gasteiger partial charge in [-0.25, -0.2) is 0 Å². The lowest BCUT2D eigenvalue weighted by Gasteiger charge is -2.29. The van der Waals surface area contributed by atoms with Crippen LogP contribution in [0, 0.1) is 0 Å². The molecule has 142 valence electrons. The fraction of sp³-hybridized carbons (Fsp3) is 0.632. The van der Waals surface area contributed by atoms with Crippen LogP contribution >= 0.6 is 12.2 Å². The van der Waals surface area contributed by atoms with Gasteiger partial charge in [-0.05, 0) is 44.3 Å². The smallest absolute Gasteiger partial charge is 0.232 e. The van der Waals surface area contributed by atoms with Crippen LogP contribution in [0.2, 0.25) is 0 Å². The second-order valence-corrected chi connectivity index (χ2v) is 7.39. The van der Waals surface area contributed by atoms with Crippen molar-refractivity contribution >= 4 is 34.9 Å². The highest BCUT2D eigenvalue weighted by Gasteiger charge is 2.18. The predicted molar refractivity (Wildman–Crippen MR) is 113 cm³/mol. The predicted octanol–water partition coefficient (Wildman–Crippen LogP) is 3.32. The molecule has 0 saturated carbocycles. The summed E-state index contributed by atoms with van der Waals surface area (Å²) in [7, 11) is 0. The third kappa shape index (κ3) is 5.30. The number of anilines is 3. The van der Waals surface area contributed by atoms with Gasteiger partial charge in [0.25, 0.3) is 0 Å². The number of nitrogens with one attached hydrogen (secondary N) is 2. The maximum absolute atomic E-state index is 5.35. The van der Waals surface area contributed by atoms with E-state index in [-0.39, 0.29) is 0 Å². The summed E-state index contributed by atoms with van der Waals surface area (Å²) >= 11 is 5.35. The number of nitrogens with zero attached hydrogens (tertiary/aromatic N) is 4. The molecular formula is C19H30N6S. The Bertz CT molecular complexity index is 606. The highest BCUT2D eigenvalue weighted by molar-refractivity contribution is 7.80. The molecule has 0 bridgehead atoms. The topological polar surface area (TPSA) is 56.3 Å². The van der Waals surface area contributed by atoms with E-state index in [1.807, 2.05) is 0 Å². The van der Waals surface area contributed by atoms with Gasteiger partial charge in [-0.1, -0.05) is 18.9 Å². The third-order valence-corrected chi connectivity index (χ3v) is 5.19. The van der Waals surface area contributed by atoms with Gasteiger partial charge in [0, 0.05) is 38.8 Å². The summed E-state index contributed by atoms with van der Waals surface area (Å²) in [6, 6.07) is 2.15. The standard InChI is InChI=1S/C19H30N6S/c1-2-10-20-19(26)23-18-21-16(24-11-6-3-4-7-12-24)15-17(22-18)25-13-8-5-9-14-25/h2,15H,1,3-14H2,(H2,20,21,22,23,26). The van der Waals surface area contributed by atoms with Gasteiger partial charge in [0.05, 0.1) is 0 Å². The number of rotatable bonds is 5. The summed E-state index contributed by atoms with van der Waals surface area (Å²) in [5, 5.41) is 6.76. The summed E-state index contributed by atoms with van der Waals surface area (Å²) in [6.07, 6.45) is 10.6. The van der Waals surface area contributed by atoms with E-state index in [0.717, 1.165) is 37.8 Å². The monoisotopic (exact) mass is 374 g/mol. The molecule has 1 aromatic rings. The summed E-state index contributed by atoms with van der Waals surface area (Å²) in [5.41, 5.74) is 0. The molecule has 2 saturated heterocycles. The lowest BCUT2D eigenvalue weighted by molar-refractivity contribution is 0.573. The van der Waals surface area contributed by atoms with Gasteiger partial charge in [0.15, 0.2) is 5.11 Å². The third-order valence-electron chi connectivity index (χ3n) is 4.94. The molecule has 2 aliphatic heterocycles. The van der Waals surface area contributed by atoms with Gasteiger partial charge < -0.3 is 20.4 Å². The molecule has 0 radical (unpaired) electrons. The van der Waals surface area contributed by atoms with Crippen molar-refractivity contribution in [3.63, 3.8) is 0 Å². The van der Waals surface area contributed by atoms with Crippen LogP contribution in [0.5, 0.6) is 0 Å². The molecule has 26 heavy (non-hydrogen) atoms. The first-order chi connectivity index (χ1) is 12.8. The van der Waals surface area contributed by atoms with Crippen molar-refractivity contribution in [1.82, 2.24) is 15.3 Å². The van der Waals surface area contributed by atoms with Gasteiger partial charge in [0.1, 0.15) is 11.6 Å². The Balaban J connectivity index is 1.82. The molecule has 2 aliphatic rings. The Hall–Kier alpha value is -1.89. The lowest BCUT2D eigenvalue weighted by atomic mass is 10.1. The Morgan fingerprint density at radius 1 is 0.962 bits per heavy atom. The Kier molecular flexibility index (Phi) is 7.05. The maximum Gasteiger partial charge on any atom is 0.232 e. The molecule has 6 nitrogen and oxygen atoms in total. The minimum atomic E-state index is 0.530. The van der Waals surface area contributed by atoms with Crippen LogP contribution in [0.1, 0.15) is 44.9 Å². The van der Waals surface area contributed by atoms with Crippen molar-refractivity contribution in [3.05, 3.63) is 18.7 Å². The van der Waals surface area contributed by atoms with E-state index in [4.69, 9.17) is 22.2 Å². The average molecular weight is 375 g/mol. The van der Waals surface area contributed by atoms with Crippen LogP contribution in [0.4, 0.5) is 17.6 Å². The largest absolute Gasteiger partial charge is 0.359 e. The van der Waals surface area contributed by atoms with Gasteiger partial charge in [0.2, 0.25) is 5.95 Å². The van der Waals surface area contributed by atoms with Gasteiger partial charge in [-0.3, -0.25) is 0 Å². The van der Waals surface area contributed by atoms with Gasteiger partial charge in [-0.2, -0.15) is 9.97 Å². The lowest BCUT2D eigenvalue weighted by Crippen LogP contribution is -2.33. The van der Waals surface area contributed by atoms with E-state index in [1.54, 1.807) is 6.08 Å². The Labute approximate surface area is 162 Å². The minimum absolute atomic E-state index is 0.530. The molecule has 7 heteroatoms. The van der Waals surface area contributed by atoms with E-state index in [0.29, 0.717) is 17.6 Å². The van der Waals surface area contributed by atoms with Crippen LogP contribution in [-0.4, -0.2) is 47.8 Å². The molecule has 0 amide bonds. The molecule has 0 aromatic carbocycles. The fourth-order valence-electron chi connectivity index (χ4n) is 3.54. The second-order valence-electron chi connectivity index (χ2n) is 6.98. The Morgan fingerprint density at radius 3 is 1.96 bits per heavy atom. The van der Waals surface area contributed by atoms with Gasteiger partial charge in [-0.15, -0.1) is 6.58 Å². The van der Waals surface area contributed by atoms with Crippen molar-refractivity contribution in [3.8, 4) is 0 Å². The van der Waals surface area contributed by atoms with Gasteiger partial charge >= 0.3 is 0 Å². The van der Waals surface area contributed by atoms with E-state index in [2.05, 4.69) is 33.1 Å². The van der Waals surface area contributed by atoms with Crippen LogP contribution in [-0.2, 0) is 0 Å². The van der Waals surface area contributed by atoms with Crippen molar-refractivity contribution < 1.29 is 0 Å². The summed E-state index contributed by atoms with van der Waals surface area (Å²) in [5.74, 6) is 2.60. The summed E-state index contributed by atoms with van der Waals surface area (Å²) < 4.78 is 0. The van der Waals surface area contributed by atoms with Crippen molar-refractivity contribution in [2.75, 3.05) is 47.8 Å². The van der Waals surface area contributed by atoms with Crippen molar-refractivity contribution in [2.45, 2.75) is 44.9 Å². The van der Waals surface area contributed by atoms with Crippen LogP contribution in [0.25, 0.3) is 0 Å². The quantitative estimate of drug-likeness (QED) is 0.606. The number of hydrogen-bond donors (Lipinski definition) is 2. The molecule has 0 spiro atoms. The normalized spacial score (nSPS) is 18.2. The molecule has 1 aromatic heterocycles. The highest BCUT2D eigenvalue weighted by Crippen LogP contribution is 2.25. The van der Waals surface area contributed by atoms with Crippen LogP contribution in [0.3, 0.4) is 0 Å². The average Bonchev–Trinajstić information content (AvgIpc) is 2.96. The fourth-order valence-corrected chi connectivity index (χ4v) is 3.71. The van der Waals surface area contributed by atoms with Crippen LogP contribution < -0.4 is 20.4 Å². The zero-order valence-electron chi connectivity index (χ0n) is 15.5. The number of aromatic nitrogens is 2. The number of piperidine rings is 1. The highest BCUT2D eigenvalue weighted by atomic mass is 32.1. The summed E-state index contributed by atoms with van der Waals surface area (Å²) in [4.78, 5) is 14.3. The number of thiocarbonyl (C=S) groups is 1. The molecule has 0 atom stereocenters. The zero-order valence-corrected chi connectivity index (χ0v) is 16.4. The van der Waals surface area contributed by atoms with E-state index >= 15 is 0 Å². The molecule has 2 fully saturated rings. The van der Waals surface area contributed by atoms with Crippen molar-refractivity contribution in [2.24, 2.45) is 0 Å². The first-order valence-electron chi connectivity index (χ1n) is 9.81. The number of hydrogen-bond acceptors (Lipinski definition) is 5. The molecule has 2 N–H and O–H groups in total.